The van der Waals surface area contributed by atoms with Gasteiger partial charge in [-0.2, -0.15) is 4.31 Å². The molecule has 130 valence electrons. The van der Waals surface area contributed by atoms with Crippen LogP contribution in [0.1, 0.15) is 37.9 Å². The molecule has 2 aromatic heterocycles. The zero-order valence-corrected chi connectivity index (χ0v) is 15.0. The monoisotopic (exact) mass is 348 g/mol. The summed E-state index contributed by atoms with van der Waals surface area (Å²) in [5.41, 5.74) is 2.06. The number of hydrogen-bond donors (Lipinski definition) is 0. The van der Waals surface area contributed by atoms with Crippen molar-refractivity contribution in [2.45, 2.75) is 39.2 Å². The van der Waals surface area contributed by atoms with Gasteiger partial charge >= 0.3 is 0 Å². The molecule has 1 atom stereocenters. The van der Waals surface area contributed by atoms with E-state index in [4.69, 9.17) is 0 Å². The van der Waals surface area contributed by atoms with Crippen molar-refractivity contribution in [3.05, 3.63) is 36.4 Å². The third-order valence-corrected chi connectivity index (χ3v) is 6.54. The van der Waals surface area contributed by atoms with Crippen LogP contribution >= 0.6 is 0 Å². The molecule has 2 aromatic rings. The maximum absolute atomic E-state index is 12.4. The Kier molecular flexibility index (Phi) is 5.01. The van der Waals surface area contributed by atoms with Gasteiger partial charge in [0.2, 0.25) is 10.0 Å². The van der Waals surface area contributed by atoms with E-state index in [1.165, 1.54) is 0 Å². The van der Waals surface area contributed by atoms with E-state index in [9.17, 15) is 8.42 Å². The Bertz CT molecular complexity index is 786. The summed E-state index contributed by atoms with van der Waals surface area (Å²) in [5, 5.41) is 0. The summed E-state index contributed by atoms with van der Waals surface area (Å²) >= 11 is 0. The van der Waals surface area contributed by atoms with E-state index in [-0.39, 0.29) is 11.8 Å². The van der Waals surface area contributed by atoms with Crippen molar-refractivity contribution in [1.29, 1.82) is 0 Å². The minimum absolute atomic E-state index is 0.121. The third-order valence-electron chi connectivity index (χ3n) is 4.50. The fourth-order valence-electron chi connectivity index (χ4n) is 3.39. The first kappa shape index (κ1) is 17.1. The first-order valence-electron chi connectivity index (χ1n) is 8.45. The van der Waals surface area contributed by atoms with Gasteiger partial charge in [0, 0.05) is 49.0 Å². The van der Waals surface area contributed by atoms with E-state index in [0.29, 0.717) is 19.5 Å². The van der Waals surface area contributed by atoms with Crippen LogP contribution in [0.3, 0.4) is 0 Å². The van der Waals surface area contributed by atoms with E-state index < -0.39 is 10.0 Å². The lowest BCUT2D eigenvalue weighted by atomic mass is 10.1. The van der Waals surface area contributed by atoms with Crippen LogP contribution in [0.5, 0.6) is 0 Å². The van der Waals surface area contributed by atoms with Crippen LogP contribution in [0.15, 0.2) is 30.7 Å². The highest BCUT2D eigenvalue weighted by atomic mass is 32.2. The van der Waals surface area contributed by atoms with Gasteiger partial charge in [-0.1, -0.05) is 6.92 Å². The van der Waals surface area contributed by atoms with Gasteiger partial charge < -0.3 is 4.57 Å². The van der Waals surface area contributed by atoms with Gasteiger partial charge in [0.05, 0.1) is 5.75 Å². The van der Waals surface area contributed by atoms with Crippen LogP contribution in [0.25, 0.3) is 11.4 Å². The van der Waals surface area contributed by atoms with Crippen LogP contribution < -0.4 is 0 Å². The fourth-order valence-corrected chi connectivity index (χ4v) is 4.97. The van der Waals surface area contributed by atoms with Crippen LogP contribution in [0.2, 0.25) is 0 Å². The molecule has 0 aliphatic carbocycles. The lowest BCUT2D eigenvalue weighted by Crippen LogP contribution is -2.42. The summed E-state index contributed by atoms with van der Waals surface area (Å²) in [6.45, 7) is 5.08. The molecular formula is C17H24N4O2S. The van der Waals surface area contributed by atoms with Gasteiger partial charge in [-0.3, -0.25) is 4.98 Å². The molecule has 7 heteroatoms. The molecule has 3 rings (SSSR count). The predicted molar refractivity (Wildman–Crippen MR) is 94.1 cm³/mol. The number of hydrogen-bond acceptors (Lipinski definition) is 4. The number of nitrogens with zero attached hydrogens (tertiary/aromatic N) is 4. The van der Waals surface area contributed by atoms with E-state index in [0.717, 1.165) is 29.9 Å². The zero-order chi connectivity index (χ0) is 17.2. The Labute approximate surface area is 143 Å². The van der Waals surface area contributed by atoms with Crippen molar-refractivity contribution in [2.24, 2.45) is 0 Å². The second-order valence-corrected chi connectivity index (χ2v) is 8.39. The van der Waals surface area contributed by atoms with E-state index in [1.807, 2.05) is 32.2 Å². The van der Waals surface area contributed by atoms with Gasteiger partial charge in [-0.15, -0.1) is 0 Å². The molecule has 0 amide bonds. The van der Waals surface area contributed by atoms with Crippen molar-refractivity contribution in [1.82, 2.24) is 18.8 Å². The van der Waals surface area contributed by atoms with Crippen LogP contribution in [-0.4, -0.2) is 46.1 Å². The summed E-state index contributed by atoms with van der Waals surface area (Å²) in [4.78, 5) is 8.61. The molecule has 1 saturated heterocycles. The quantitative estimate of drug-likeness (QED) is 0.833. The summed E-state index contributed by atoms with van der Waals surface area (Å²) in [6, 6.07) is 4.00. The van der Waals surface area contributed by atoms with Crippen LogP contribution in [0, 0.1) is 6.92 Å². The minimum atomic E-state index is -3.16. The molecule has 6 nitrogen and oxygen atoms in total. The SMILES string of the molecule is CCCS(=O)(=O)N1CCCC(n2c(C)cnc2-c2ccncc2)C1. The zero-order valence-electron chi connectivity index (χ0n) is 14.2. The highest BCUT2D eigenvalue weighted by Gasteiger charge is 2.30. The minimum Gasteiger partial charge on any atom is -0.324 e. The van der Waals surface area contributed by atoms with Crippen LogP contribution in [-0.2, 0) is 10.0 Å². The van der Waals surface area contributed by atoms with Crippen molar-refractivity contribution in [3.63, 3.8) is 0 Å². The Morgan fingerprint density at radius 1 is 1.29 bits per heavy atom. The number of aryl methyl sites for hydroxylation is 1. The number of piperidine rings is 1. The number of imidazole rings is 1. The summed E-state index contributed by atoms with van der Waals surface area (Å²) < 4.78 is 28.7. The predicted octanol–water partition coefficient (Wildman–Crippen LogP) is 2.63. The Morgan fingerprint density at radius 2 is 2.04 bits per heavy atom. The second-order valence-electron chi connectivity index (χ2n) is 6.30. The molecule has 1 aliphatic heterocycles. The molecule has 1 unspecified atom stereocenters. The van der Waals surface area contributed by atoms with Gasteiger partial charge in [0.1, 0.15) is 5.82 Å². The normalized spacial score (nSPS) is 19.5. The summed E-state index contributed by atoms with van der Waals surface area (Å²) in [6.07, 6.45) is 7.85. The highest BCUT2D eigenvalue weighted by molar-refractivity contribution is 7.89. The van der Waals surface area contributed by atoms with Crippen molar-refractivity contribution < 1.29 is 8.42 Å². The maximum atomic E-state index is 12.4. The molecule has 0 bridgehead atoms. The lowest BCUT2D eigenvalue weighted by Gasteiger charge is -2.34. The topological polar surface area (TPSA) is 68.1 Å². The fraction of sp³-hybridized carbons (Fsp3) is 0.529. The molecule has 3 heterocycles. The second kappa shape index (κ2) is 7.03. The van der Waals surface area contributed by atoms with Gasteiger partial charge in [-0.25, -0.2) is 13.4 Å². The Morgan fingerprint density at radius 3 is 2.75 bits per heavy atom. The Balaban J connectivity index is 1.91. The van der Waals surface area contributed by atoms with Gasteiger partial charge in [0.15, 0.2) is 0 Å². The molecule has 0 radical (unpaired) electrons. The highest BCUT2D eigenvalue weighted by Crippen LogP contribution is 2.30. The molecule has 0 spiro atoms. The maximum Gasteiger partial charge on any atom is 0.214 e. The summed E-state index contributed by atoms with van der Waals surface area (Å²) in [5.74, 6) is 1.11. The molecule has 1 fully saturated rings. The van der Waals surface area contributed by atoms with Crippen molar-refractivity contribution in [2.75, 3.05) is 18.8 Å². The Hall–Kier alpha value is -1.73. The van der Waals surface area contributed by atoms with E-state index >= 15 is 0 Å². The largest absolute Gasteiger partial charge is 0.324 e. The molecule has 24 heavy (non-hydrogen) atoms. The number of rotatable bonds is 5. The average Bonchev–Trinajstić information content (AvgIpc) is 2.97. The molecule has 0 aromatic carbocycles. The lowest BCUT2D eigenvalue weighted by molar-refractivity contribution is 0.266. The van der Waals surface area contributed by atoms with E-state index in [2.05, 4.69) is 14.5 Å². The number of sulfonamides is 1. The molecule has 1 aliphatic rings. The third kappa shape index (κ3) is 3.37. The van der Waals surface area contributed by atoms with Crippen LogP contribution in [0.4, 0.5) is 0 Å². The first-order chi connectivity index (χ1) is 11.5. The smallest absolute Gasteiger partial charge is 0.214 e. The van der Waals surface area contributed by atoms with Gasteiger partial charge in [-0.05, 0) is 38.3 Å². The van der Waals surface area contributed by atoms with E-state index in [1.54, 1.807) is 16.7 Å². The average molecular weight is 348 g/mol. The molecule has 0 N–H and O–H groups in total. The standard InChI is InChI=1S/C17H24N4O2S/c1-3-11-24(22,23)20-10-4-5-16(13-20)21-14(2)12-19-17(21)15-6-8-18-9-7-15/h6-9,12,16H,3-5,10-11,13H2,1-2H3. The molecular weight excluding hydrogens is 324 g/mol. The summed E-state index contributed by atoms with van der Waals surface area (Å²) in [7, 11) is -3.16. The number of aromatic nitrogens is 3. The first-order valence-corrected chi connectivity index (χ1v) is 10.1. The van der Waals surface area contributed by atoms with Crippen molar-refractivity contribution in [3.8, 4) is 11.4 Å². The number of pyridine rings is 1. The van der Waals surface area contributed by atoms with Crippen molar-refractivity contribution >= 4 is 10.0 Å². The van der Waals surface area contributed by atoms with Gasteiger partial charge in [0.25, 0.3) is 0 Å². The molecule has 0 saturated carbocycles.